The molecule has 2 amide bonds. The number of carbonyl (C=O) groups is 2. The number of nitrogens with zero attached hydrogens (tertiary/aromatic N) is 2. The van der Waals surface area contributed by atoms with E-state index in [9.17, 15) is 14.0 Å². The summed E-state index contributed by atoms with van der Waals surface area (Å²) in [6.07, 6.45) is 0. The molecule has 3 rings (SSSR count). The van der Waals surface area contributed by atoms with Crippen LogP contribution in [0.3, 0.4) is 0 Å². The van der Waals surface area contributed by atoms with Crippen molar-refractivity contribution in [2.24, 2.45) is 4.99 Å². The molecule has 0 saturated heterocycles. The summed E-state index contributed by atoms with van der Waals surface area (Å²) in [7, 11) is 0. The summed E-state index contributed by atoms with van der Waals surface area (Å²) in [6, 6.07) is 14.1. The number of aliphatic imine (C=N–C) groups is 1. The second-order valence-electron chi connectivity index (χ2n) is 5.77. The molecule has 116 valence electrons. The molecule has 4 nitrogen and oxygen atoms in total. The van der Waals surface area contributed by atoms with Crippen molar-refractivity contribution >= 4 is 17.5 Å². The Hall–Kier alpha value is -2.82. The Balaban J connectivity index is 1.98. The summed E-state index contributed by atoms with van der Waals surface area (Å²) in [5.74, 6) is -1.27. The summed E-state index contributed by atoms with van der Waals surface area (Å²) >= 11 is 0. The highest BCUT2D eigenvalue weighted by Crippen LogP contribution is 2.28. The van der Waals surface area contributed by atoms with Crippen LogP contribution in [0, 0.1) is 5.82 Å². The van der Waals surface area contributed by atoms with Gasteiger partial charge in [0.05, 0.1) is 0 Å². The fraction of sp³-hybridized carbons (Fsp3) is 0.167. The molecule has 0 aromatic heterocycles. The van der Waals surface area contributed by atoms with Crippen LogP contribution in [0.15, 0.2) is 59.6 Å². The maximum atomic E-state index is 13.1. The number of halogens is 1. The molecule has 5 heteroatoms. The van der Waals surface area contributed by atoms with Crippen LogP contribution in [-0.4, -0.2) is 28.1 Å². The van der Waals surface area contributed by atoms with Crippen molar-refractivity contribution in [1.29, 1.82) is 0 Å². The monoisotopic (exact) mass is 310 g/mol. The van der Waals surface area contributed by atoms with Gasteiger partial charge < -0.3 is 0 Å². The van der Waals surface area contributed by atoms with E-state index in [-0.39, 0.29) is 5.71 Å². The van der Waals surface area contributed by atoms with E-state index < -0.39 is 23.3 Å². The van der Waals surface area contributed by atoms with Crippen molar-refractivity contribution in [3.8, 4) is 0 Å². The van der Waals surface area contributed by atoms with Gasteiger partial charge in [-0.25, -0.2) is 9.29 Å². The number of rotatable bonds is 2. The van der Waals surface area contributed by atoms with Crippen LogP contribution in [0.1, 0.15) is 29.8 Å². The molecule has 0 aliphatic carbocycles. The first kappa shape index (κ1) is 15.1. The molecule has 1 aliphatic heterocycles. The number of hydrogen-bond donors (Lipinski definition) is 0. The van der Waals surface area contributed by atoms with Gasteiger partial charge >= 0.3 is 0 Å². The minimum atomic E-state index is -0.992. The number of hydrogen-bond acceptors (Lipinski definition) is 3. The molecule has 2 aromatic rings. The van der Waals surface area contributed by atoms with Crippen molar-refractivity contribution in [3.05, 3.63) is 71.5 Å². The first-order chi connectivity index (χ1) is 10.9. The zero-order valence-electron chi connectivity index (χ0n) is 12.8. The lowest BCUT2D eigenvalue weighted by molar-refractivity contribution is -0.123. The van der Waals surface area contributed by atoms with E-state index in [1.54, 1.807) is 44.2 Å². The second-order valence-corrected chi connectivity index (χ2v) is 5.77. The highest BCUT2D eigenvalue weighted by Gasteiger charge is 2.44. The molecule has 1 aliphatic rings. The third kappa shape index (κ3) is 2.65. The van der Waals surface area contributed by atoms with Crippen molar-refractivity contribution < 1.29 is 14.0 Å². The smallest absolute Gasteiger partial charge is 0.269 e. The highest BCUT2D eigenvalue weighted by molar-refractivity contribution is 6.49. The van der Waals surface area contributed by atoms with Crippen molar-refractivity contribution in [1.82, 2.24) is 4.90 Å². The normalized spacial score (nSPS) is 16.4. The molecule has 0 atom stereocenters. The Kier molecular flexibility index (Phi) is 3.56. The summed E-state index contributed by atoms with van der Waals surface area (Å²) in [4.78, 5) is 30.9. The van der Waals surface area contributed by atoms with Crippen LogP contribution in [-0.2, 0) is 4.79 Å². The minimum Gasteiger partial charge on any atom is -0.269 e. The standard InChI is InChI=1S/C18H15FN2O2/c1-18(2)20-15(12-8-10-14(19)11-9-12)17(23)21(18)16(22)13-6-4-3-5-7-13/h3-11H,1-2H3. The van der Waals surface area contributed by atoms with Crippen molar-refractivity contribution in [2.75, 3.05) is 0 Å². The lowest BCUT2D eigenvalue weighted by Gasteiger charge is -2.27. The summed E-state index contributed by atoms with van der Waals surface area (Å²) in [6.45, 7) is 3.39. The van der Waals surface area contributed by atoms with E-state index in [0.717, 1.165) is 4.90 Å². The molecule has 0 saturated carbocycles. The largest absolute Gasteiger partial charge is 0.281 e. The second kappa shape index (κ2) is 5.43. The molecular formula is C18H15FN2O2. The van der Waals surface area contributed by atoms with E-state index >= 15 is 0 Å². The van der Waals surface area contributed by atoms with E-state index in [4.69, 9.17) is 0 Å². The van der Waals surface area contributed by atoms with Crippen molar-refractivity contribution in [2.45, 2.75) is 19.5 Å². The summed E-state index contributed by atoms with van der Waals surface area (Å²) in [5, 5.41) is 0. The molecule has 2 aromatic carbocycles. The van der Waals surface area contributed by atoms with Crippen LogP contribution >= 0.6 is 0 Å². The third-order valence-electron chi connectivity index (χ3n) is 3.68. The molecule has 0 N–H and O–H groups in total. The Morgan fingerprint density at radius 3 is 2.26 bits per heavy atom. The molecule has 0 bridgehead atoms. The topological polar surface area (TPSA) is 49.7 Å². The lowest BCUT2D eigenvalue weighted by atomic mass is 10.1. The van der Waals surface area contributed by atoms with E-state index in [1.807, 2.05) is 0 Å². The Morgan fingerprint density at radius 2 is 1.65 bits per heavy atom. The van der Waals surface area contributed by atoms with Gasteiger partial charge in [-0.05, 0) is 50.2 Å². The lowest BCUT2D eigenvalue weighted by Crippen LogP contribution is -2.46. The number of amides is 2. The Labute approximate surface area is 133 Å². The number of benzene rings is 2. The predicted molar refractivity (Wildman–Crippen MR) is 84.6 cm³/mol. The maximum absolute atomic E-state index is 13.1. The zero-order chi connectivity index (χ0) is 16.6. The molecule has 1 heterocycles. The first-order valence-electron chi connectivity index (χ1n) is 7.20. The summed E-state index contributed by atoms with van der Waals surface area (Å²) in [5.41, 5.74) is 0.0879. The number of carbonyl (C=O) groups excluding carboxylic acids is 2. The van der Waals surface area contributed by atoms with Crippen LogP contribution in [0.4, 0.5) is 4.39 Å². The Morgan fingerprint density at radius 1 is 1.04 bits per heavy atom. The van der Waals surface area contributed by atoms with Crippen LogP contribution in [0.5, 0.6) is 0 Å². The molecule has 0 spiro atoms. The predicted octanol–water partition coefficient (Wildman–Crippen LogP) is 3.03. The van der Waals surface area contributed by atoms with Gasteiger partial charge in [-0.3, -0.25) is 14.6 Å². The van der Waals surface area contributed by atoms with Gasteiger partial charge in [0.25, 0.3) is 11.8 Å². The first-order valence-corrected chi connectivity index (χ1v) is 7.20. The Bertz CT molecular complexity index is 796. The zero-order valence-corrected chi connectivity index (χ0v) is 12.8. The van der Waals surface area contributed by atoms with E-state index in [1.165, 1.54) is 24.3 Å². The highest BCUT2D eigenvalue weighted by atomic mass is 19.1. The van der Waals surface area contributed by atoms with Crippen LogP contribution in [0.2, 0.25) is 0 Å². The maximum Gasteiger partial charge on any atom is 0.281 e. The fourth-order valence-electron chi connectivity index (χ4n) is 2.57. The number of imide groups is 1. The minimum absolute atomic E-state index is 0.166. The molecule has 0 fully saturated rings. The van der Waals surface area contributed by atoms with Gasteiger partial charge in [-0.15, -0.1) is 0 Å². The summed E-state index contributed by atoms with van der Waals surface area (Å²) < 4.78 is 13.1. The van der Waals surface area contributed by atoms with Gasteiger partial charge in [0.2, 0.25) is 0 Å². The van der Waals surface area contributed by atoms with Gasteiger partial charge in [-0.1, -0.05) is 18.2 Å². The van der Waals surface area contributed by atoms with E-state index in [2.05, 4.69) is 4.99 Å². The van der Waals surface area contributed by atoms with E-state index in [0.29, 0.717) is 11.1 Å². The fourth-order valence-corrected chi connectivity index (χ4v) is 2.57. The average Bonchev–Trinajstić information content (AvgIpc) is 2.78. The van der Waals surface area contributed by atoms with Crippen LogP contribution < -0.4 is 0 Å². The van der Waals surface area contributed by atoms with Gasteiger partial charge in [0.15, 0.2) is 0 Å². The molecule has 0 unspecified atom stereocenters. The van der Waals surface area contributed by atoms with Gasteiger partial charge in [0.1, 0.15) is 17.2 Å². The van der Waals surface area contributed by atoms with Gasteiger partial charge in [-0.2, -0.15) is 0 Å². The van der Waals surface area contributed by atoms with Crippen LogP contribution in [0.25, 0.3) is 0 Å². The van der Waals surface area contributed by atoms with Gasteiger partial charge in [0, 0.05) is 11.1 Å². The van der Waals surface area contributed by atoms with Crippen molar-refractivity contribution in [3.63, 3.8) is 0 Å². The molecule has 0 radical (unpaired) electrons. The third-order valence-corrected chi connectivity index (χ3v) is 3.68. The SMILES string of the molecule is CC1(C)N=C(c2ccc(F)cc2)C(=O)N1C(=O)c1ccccc1. The molecule has 23 heavy (non-hydrogen) atoms. The molecular weight excluding hydrogens is 295 g/mol. The quantitative estimate of drug-likeness (QED) is 0.801. The average molecular weight is 310 g/mol.